The number of benzene rings is 1. The molecule has 1 N–H and O–H groups in total. The average Bonchev–Trinajstić information content (AvgIpc) is 2.97. The fourth-order valence-corrected chi connectivity index (χ4v) is 3.06. The molecule has 0 aromatic heterocycles. The molecule has 0 aliphatic carbocycles. The zero-order valence-corrected chi connectivity index (χ0v) is 15.9. The number of carbonyl (C=O) groups excluding carboxylic acids is 2. The summed E-state index contributed by atoms with van der Waals surface area (Å²) < 4.78 is 19.8. The molecule has 1 aromatic carbocycles. The largest absolute Gasteiger partial charge is 0.444 e. The van der Waals surface area contributed by atoms with Gasteiger partial charge in [-0.15, -0.1) is 0 Å². The lowest BCUT2D eigenvalue weighted by Crippen LogP contribution is -2.47. The molecule has 0 unspecified atom stereocenters. The summed E-state index contributed by atoms with van der Waals surface area (Å²) in [6, 6.07) is 5.54. The van der Waals surface area contributed by atoms with Gasteiger partial charge in [0.15, 0.2) is 0 Å². The molecule has 144 valence electrons. The van der Waals surface area contributed by atoms with Crippen LogP contribution in [0, 0.1) is 5.92 Å². The number of nitrogens with zero attached hydrogens (tertiary/aromatic N) is 2. The Balaban J connectivity index is 2.11. The van der Waals surface area contributed by atoms with Crippen LogP contribution < -0.4 is 0 Å². The number of halogens is 2. The highest BCUT2D eigenvalue weighted by molar-refractivity contribution is 6.30. The first-order valence-corrected chi connectivity index (χ1v) is 8.80. The Kier molecular flexibility index (Phi) is 6.47. The number of ether oxygens (including phenoxy) is 1. The quantitative estimate of drug-likeness (QED) is 0.807. The monoisotopic (exact) mass is 386 g/mol. The topological polar surface area (TPSA) is 70.1 Å². The Morgan fingerprint density at radius 2 is 2.12 bits per heavy atom. The van der Waals surface area contributed by atoms with Crippen LogP contribution in [0.1, 0.15) is 32.8 Å². The first-order chi connectivity index (χ1) is 12.1. The van der Waals surface area contributed by atoms with Crippen molar-refractivity contribution in [1.82, 2.24) is 10.0 Å². The molecule has 1 heterocycles. The number of hydrogen-bond acceptors (Lipinski definition) is 4. The second-order valence-electron chi connectivity index (χ2n) is 7.42. The predicted octanol–water partition coefficient (Wildman–Crippen LogP) is 3.17. The van der Waals surface area contributed by atoms with E-state index in [1.54, 1.807) is 45.0 Å². The summed E-state index contributed by atoms with van der Waals surface area (Å²) in [6.45, 7) is 4.81. The maximum atomic E-state index is 14.5. The van der Waals surface area contributed by atoms with Crippen molar-refractivity contribution in [2.45, 2.75) is 45.4 Å². The number of likely N-dealkylation sites (tertiary alicyclic amines) is 1. The van der Waals surface area contributed by atoms with Gasteiger partial charge in [-0.3, -0.25) is 9.69 Å². The number of aliphatic hydroxyl groups excluding tert-OH is 1. The molecule has 1 aromatic rings. The first kappa shape index (κ1) is 20.5. The van der Waals surface area contributed by atoms with Crippen LogP contribution in [0.4, 0.5) is 9.28 Å². The van der Waals surface area contributed by atoms with Crippen molar-refractivity contribution < 1.29 is 23.9 Å². The summed E-state index contributed by atoms with van der Waals surface area (Å²) >= 11 is 5.88. The molecule has 8 heteroatoms. The Morgan fingerprint density at radius 1 is 1.42 bits per heavy atom. The van der Waals surface area contributed by atoms with E-state index in [2.05, 4.69) is 0 Å². The van der Waals surface area contributed by atoms with Crippen LogP contribution >= 0.6 is 11.6 Å². The van der Waals surface area contributed by atoms with Crippen molar-refractivity contribution in [3.8, 4) is 0 Å². The molecule has 6 nitrogen and oxygen atoms in total. The van der Waals surface area contributed by atoms with E-state index in [4.69, 9.17) is 16.3 Å². The highest BCUT2D eigenvalue weighted by atomic mass is 35.5. The number of hydrogen-bond donors (Lipinski definition) is 1. The maximum absolute atomic E-state index is 14.5. The summed E-state index contributed by atoms with van der Waals surface area (Å²) in [4.78, 5) is 26.1. The molecule has 0 saturated carbocycles. The Bertz CT molecular complexity index is 665. The number of amides is 2. The molecule has 1 aliphatic heterocycles. The van der Waals surface area contributed by atoms with Gasteiger partial charge < -0.3 is 9.84 Å². The minimum Gasteiger partial charge on any atom is -0.444 e. The molecule has 0 bridgehead atoms. The molecule has 1 aliphatic rings. The second kappa shape index (κ2) is 8.22. The van der Waals surface area contributed by atoms with Gasteiger partial charge in [0.2, 0.25) is 0 Å². The van der Waals surface area contributed by atoms with Gasteiger partial charge in [-0.1, -0.05) is 28.2 Å². The van der Waals surface area contributed by atoms with E-state index < -0.39 is 23.6 Å². The van der Waals surface area contributed by atoms with Gasteiger partial charge in [0.05, 0.1) is 6.54 Å². The smallest absolute Gasteiger partial charge is 0.410 e. The van der Waals surface area contributed by atoms with Gasteiger partial charge in [0, 0.05) is 24.1 Å². The average molecular weight is 387 g/mol. The standard InChI is InChI=1S/C18H24ClFN2O4/c1-18(2,3)26-17(25)21-9-13(11-23)8-15(21)16(24)22(20)10-12-5-4-6-14(19)7-12/h4-7,13,15,23H,8-11H2,1-3H3/t13-,15-/m0/s1. The zero-order chi connectivity index (χ0) is 19.5. The van der Waals surface area contributed by atoms with E-state index in [1.165, 1.54) is 4.90 Å². The van der Waals surface area contributed by atoms with Gasteiger partial charge in [0.25, 0.3) is 5.91 Å². The van der Waals surface area contributed by atoms with E-state index in [0.717, 1.165) is 0 Å². The summed E-state index contributed by atoms with van der Waals surface area (Å²) in [5, 5.41) is 9.91. The predicted molar refractivity (Wildman–Crippen MR) is 95.0 cm³/mol. The summed E-state index contributed by atoms with van der Waals surface area (Å²) in [5.74, 6) is -1.14. The molecular weight excluding hydrogens is 363 g/mol. The van der Waals surface area contributed by atoms with Crippen LogP contribution in [0.5, 0.6) is 0 Å². The van der Waals surface area contributed by atoms with Gasteiger partial charge in [-0.25, -0.2) is 4.79 Å². The van der Waals surface area contributed by atoms with Crippen LogP contribution in [0.3, 0.4) is 0 Å². The number of carbonyl (C=O) groups is 2. The minimum atomic E-state index is -1.01. The van der Waals surface area contributed by atoms with Crippen molar-refractivity contribution in [3.05, 3.63) is 34.9 Å². The van der Waals surface area contributed by atoms with Crippen LogP contribution in [-0.4, -0.2) is 51.9 Å². The highest BCUT2D eigenvalue weighted by Crippen LogP contribution is 2.27. The molecule has 2 atom stereocenters. The molecule has 2 amide bonds. The Morgan fingerprint density at radius 3 is 2.69 bits per heavy atom. The summed E-state index contributed by atoms with van der Waals surface area (Å²) in [7, 11) is 0. The molecule has 0 radical (unpaired) electrons. The Labute approximate surface area is 157 Å². The molecule has 1 fully saturated rings. The SMILES string of the molecule is CC(C)(C)OC(=O)N1C[C@@H](CO)C[C@H]1C(=O)N(F)Cc1cccc(Cl)c1. The molecule has 2 rings (SSSR count). The molecular formula is C18H24ClFN2O4. The zero-order valence-electron chi connectivity index (χ0n) is 15.1. The fourth-order valence-electron chi connectivity index (χ4n) is 2.85. The van der Waals surface area contributed by atoms with Gasteiger partial charge in [-0.05, 0) is 44.9 Å². The first-order valence-electron chi connectivity index (χ1n) is 8.43. The van der Waals surface area contributed by atoms with Crippen molar-refractivity contribution in [1.29, 1.82) is 0 Å². The minimum absolute atomic E-state index is 0.0768. The van der Waals surface area contributed by atoms with E-state index in [1.807, 2.05) is 0 Å². The van der Waals surface area contributed by atoms with Gasteiger partial charge in [-0.2, -0.15) is 5.12 Å². The third-order valence-electron chi connectivity index (χ3n) is 4.01. The van der Waals surface area contributed by atoms with Gasteiger partial charge >= 0.3 is 6.09 Å². The van der Waals surface area contributed by atoms with Crippen molar-refractivity contribution in [2.24, 2.45) is 5.92 Å². The third kappa shape index (κ3) is 5.32. The van der Waals surface area contributed by atoms with Gasteiger partial charge in [0.1, 0.15) is 11.6 Å². The van der Waals surface area contributed by atoms with E-state index in [9.17, 15) is 19.2 Å². The normalized spacial score (nSPS) is 20.2. The number of aliphatic hydroxyl groups is 1. The lowest BCUT2D eigenvalue weighted by Gasteiger charge is -2.28. The van der Waals surface area contributed by atoms with Crippen LogP contribution in [0.2, 0.25) is 5.02 Å². The van der Waals surface area contributed by atoms with Crippen LogP contribution in [0.15, 0.2) is 24.3 Å². The Hall–Kier alpha value is -1.86. The van der Waals surface area contributed by atoms with Crippen molar-refractivity contribution in [3.63, 3.8) is 0 Å². The van der Waals surface area contributed by atoms with Crippen molar-refractivity contribution >= 4 is 23.6 Å². The summed E-state index contributed by atoms with van der Waals surface area (Å²) in [5.41, 5.74) is -0.202. The maximum Gasteiger partial charge on any atom is 0.410 e. The highest BCUT2D eigenvalue weighted by Gasteiger charge is 2.43. The van der Waals surface area contributed by atoms with E-state index in [-0.39, 0.29) is 37.2 Å². The van der Waals surface area contributed by atoms with E-state index in [0.29, 0.717) is 10.6 Å². The fraction of sp³-hybridized carbons (Fsp3) is 0.556. The van der Waals surface area contributed by atoms with E-state index >= 15 is 0 Å². The third-order valence-corrected chi connectivity index (χ3v) is 4.24. The van der Waals surface area contributed by atoms with Crippen LogP contribution in [-0.2, 0) is 16.1 Å². The molecule has 1 saturated heterocycles. The lowest BCUT2D eigenvalue weighted by molar-refractivity contribution is -0.152. The molecule has 26 heavy (non-hydrogen) atoms. The lowest BCUT2D eigenvalue weighted by atomic mass is 10.1. The molecule has 0 spiro atoms. The van der Waals surface area contributed by atoms with Crippen LogP contribution in [0.25, 0.3) is 0 Å². The van der Waals surface area contributed by atoms with Crippen molar-refractivity contribution in [2.75, 3.05) is 13.2 Å². The number of rotatable bonds is 4. The second-order valence-corrected chi connectivity index (χ2v) is 7.86. The summed E-state index contributed by atoms with van der Waals surface area (Å²) in [6.07, 6.45) is -0.507.